The van der Waals surface area contributed by atoms with Gasteiger partial charge in [0.15, 0.2) is 11.5 Å². The van der Waals surface area contributed by atoms with Crippen molar-refractivity contribution in [1.82, 2.24) is 0 Å². The van der Waals surface area contributed by atoms with E-state index >= 15 is 0 Å². The van der Waals surface area contributed by atoms with E-state index < -0.39 is 7.12 Å². The highest BCUT2D eigenvalue weighted by Crippen LogP contribution is 2.32. The summed E-state index contributed by atoms with van der Waals surface area (Å²) in [5, 5.41) is 36.8. The van der Waals surface area contributed by atoms with E-state index in [1.165, 1.54) is 18.2 Å². The fourth-order valence-corrected chi connectivity index (χ4v) is 2.93. The third-order valence-corrected chi connectivity index (χ3v) is 4.58. The Balaban J connectivity index is 1.69. The Kier molecular flexibility index (Phi) is 11.0. The van der Waals surface area contributed by atoms with Crippen LogP contribution in [0.15, 0.2) is 46.6 Å². The Labute approximate surface area is 198 Å². The maximum atomic E-state index is 9.57. The van der Waals surface area contributed by atoms with Crippen LogP contribution >= 0.6 is 0 Å². The summed E-state index contributed by atoms with van der Waals surface area (Å²) in [6, 6.07) is 9.09. The third-order valence-electron chi connectivity index (χ3n) is 4.58. The highest BCUT2D eigenvalue weighted by atomic mass is 16.6. The Morgan fingerprint density at radius 1 is 0.618 bits per heavy atom. The molecule has 0 aliphatic carbocycles. The first kappa shape index (κ1) is 25.9. The Hall–Kier alpha value is -2.74. The second kappa shape index (κ2) is 14.5. The molecule has 2 aromatic rings. The molecular formula is C22H29BN2O9. The molecule has 0 radical (unpaired) electrons. The maximum Gasteiger partial charge on any atom is 0.490 e. The number of azo groups is 1. The van der Waals surface area contributed by atoms with E-state index in [-0.39, 0.29) is 23.5 Å². The molecule has 0 aromatic heterocycles. The molecule has 0 saturated carbocycles. The SMILES string of the molecule is OB(O)c1cc(O)ccc1N=Nc1ccc2c(c1)OCCOCCOCCOCCOCCO2. The van der Waals surface area contributed by atoms with Crippen molar-refractivity contribution in [1.29, 1.82) is 0 Å². The molecule has 2 aromatic carbocycles. The van der Waals surface area contributed by atoms with E-state index in [2.05, 4.69) is 10.2 Å². The van der Waals surface area contributed by atoms with Crippen LogP contribution in [0.2, 0.25) is 0 Å². The molecule has 0 bridgehead atoms. The van der Waals surface area contributed by atoms with E-state index in [9.17, 15) is 15.2 Å². The average molecular weight is 476 g/mol. The first-order chi connectivity index (χ1) is 16.6. The van der Waals surface area contributed by atoms with Crippen molar-refractivity contribution in [3.63, 3.8) is 0 Å². The third kappa shape index (κ3) is 8.90. The van der Waals surface area contributed by atoms with Crippen LogP contribution in [-0.4, -0.2) is 88.3 Å². The minimum atomic E-state index is -1.80. The lowest BCUT2D eigenvalue weighted by Gasteiger charge is -2.14. The number of rotatable bonds is 3. The van der Waals surface area contributed by atoms with Gasteiger partial charge in [-0.25, -0.2) is 0 Å². The van der Waals surface area contributed by atoms with Crippen LogP contribution in [0.25, 0.3) is 0 Å². The molecule has 3 rings (SSSR count). The zero-order chi connectivity index (χ0) is 24.0. The molecule has 34 heavy (non-hydrogen) atoms. The molecule has 3 N–H and O–H groups in total. The molecule has 1 heterocycles. The Morgan fingerprint density at radius 2 is 1.18 bits per heavy atom. The molecule has 0 saturated heterocycles. The lowest BCUT2D eigenvalue weighted by atomic mass is 9.79. The lowest BCUT2D eigenvalue weighted by Crippen LogP contribution is -2.29. The van der Waals surface area contributed by atoms with Gasteiger partial charge in [0, 0.05) is 11.5 Å². The van der Waals surface area contributed by atoms with Crippen molar-refractivity contribution in [2.75, 3.05) is 66.1 Å². The van der Waals surface area contributed by atoms with Crippen LogP contribution in [0.1, 0.15) is 0 Å². The molecular weight excluding hydrogens is 447 g/mol. The molecule has 0 amide bonds. The van der Waals surface area contributed by atoms with Gasteiger partial charge in [0.2, 0.25) is 0 Å². The summed E-state index contributed by atoms with van der Waals surface area (Å²) in [5.41, 5.74) is 0.700. The smallest absolute Gasteiger partial charge is 0.490 e. The number of ether oxygens (including phenoxy) is 6. The van der Waals surface area contributed by atoms with Crippen molar-refractivity contribution >= 4 is 24.0 Å². The minimum Gasteiger partial charge on any atom is -0.508 e. The number of benzene rings is 2. The van der Waals surface area contributed by atoms with E-state index in [0.29, 0.717) is 76.6 Å². The monoisotopic (exact) mass is 476 g/mol. The van der Waals surface area contributed by atoms with Crippen LogP contribution in [-0.2, 0) is 18.9 Å². The van der Waals surface area contributed by atoms with Gasteiger partial charge in [0.25, 0.3) is 0 Å². The van der Waals surface area contributed by atoms with Crippen molar-refractivity contribution < 1.29 is 43.6 Å². The van der Waals surface area contributed by atoms with Crippen LogP contribution in [0, 0.1) is 0 Å². The molecule has 0 spiro atoms. The molecule has 0 atom stereocenters. The fraction of sp³-hybridized carbons (Fsp3) is 0.455. The number of phenols is 1. The largest absolute Gasteiger partial charge is 0.508 e. The number of hydrogen-bond donors (Lipinski definition) is 3. The molecule has 1 aliphatic heterocycles. The van der Waals surface area contributed by atoms with Gasteiger partial charge in [-0.1, -0.05) is 0 Å². The molecule has 0 unspecified atom stereocenters. The van der Waals surface area contributed by atoms with Crippen molar-refractivity contribution in [2.24, 2.45) is 10.2 Å². The molecule has 184 valence electrons. The predicted molar refractivity (Wildman–Crippen MR) is 123 cm³/mol. The zero-order valence-electron chi connectivity index (χ0n) is 18.8. The van der Waals surface area contributed by atoms with Crippen LogP contribution in [0.3, 0.4) is 0 Å². The first-order valence-corrected chi connectivity index (χ1v) is 10.9. The van der Waals surface area contributed by atoms with Crippen LogP contribution < -0.4 is 14.9 Å². The topological polar surface area (TPSA) is 141 Å². The normalized spacial score (nSPS) is 17.1. The van der Waals surface area contributed by atoms with Gasteiger partial charge in [-0.15, -0.1) is 0 Å². The van der Waals surface area contributed by atoms with Crippen LogP contribution in [0.4, 0.5) is 11.4 Å². The van der Waals surface area contributed by atoms with Gasteiger partial charge in [-0.2, -0.15) is 10.2 Å². The first-order valence-electron chi connectivity index (χ1n) is 10.9. The van der Waals surface area contributed by atoms with Crippen molar-refractivity contribution in [3.05, 3.63) is 36.4 Å². The zero-order valence-corrected chi connectivity index (χ0v) is 18.8. The van der Waals surface area contributed by atoms with E-state index in [1.54, 1.807) is 18.2 Å². The predicted octanol–water partition coefficient (Wildman–Crippen LogP) is 1.32. The van der Waals surface area contributed by atoms with Gasteiger partial charge < -0.3 is 43.6 Å². The summed E-state index contributed by atoms with van der Waals surface area (Å²) in [6.07, 6.45) is 0. The van der Waals surface area contributed by atoms with E-state index in [0.717, 1.165) is 0 Å². The summed E-state index contributed by atoms with van der Waals surface area (Å²) in [7, 11) is -1.80. The average Bonchev–Trinajstić information content (AvgIpc) is 2.83. The van der Waals surface area contributed by atoms with Crippen molar-refractivity contribution in [2.45, 2.75) is 0 Å². The standard InChI is InChI=1S/C22H29BN2O9/c26-18-2-3-20(19(16-18)23(27)28)25-24-17-1-4-21-22(15-17)34-14-12-32-10-8-30-6-5-29-7-9-31-11-13-33-21/h1-4,15-16,26-28H,5-14H2. The van der Waals surface area contributed by atoms with Gasteiger partial charge in [0.05, 0.1) is 64.2 Å². The molecule has 12 heteroatoms. The van der Waals surface area contributed by atoms with Crippen molar-refractivity contribution in [3.8, 4) is 17.2 Å². The van der Waals surface area contributed by atoms with Crippen LogP contribution in [0.5, 0.6) is 17.2 Å². The quantitative estimate of drug-likeness (QED) is 0.442. The summed E-state index contributed by atoms with van der Waals surface area (Å²) >= 11 is 0. The highest BCUT2D eigenvalue weighted by Gasteiger charge is 2.17. The molecule has 1 aliphatic rings. The van der Waals surface area contributed by atoms with E-state index in [1.807, 2.05) is 0 Å². The molecule has 0 fully saturated rings. The molecule has 11 nitrogen and oxygen atoms in total. The van der Waals surface area contributed by atoms with Gasteiger partial charge >= 0.3 is 7.12 Å². The van der Waals surface area contributed by atoms with Gasteiger partial charge in [-0.3, -0.25) is 0 Å². The number of nitrogens with zero attached hydrogens (tertiary/aromatic N) is 2. The Bertz CT molecular complexity index is 914. The lowest BCUT2D eigenvalue weighted by molar-refractivity contribution is -0.00841. The van der Waals surface area contributed by atoms with Gasteiger partial charge in [0.1, 0.15) is 19.0 Å². The number of fused-ring (bicyclic) bond motifs is 1. The number of aromatic hydroxyl groups is 1. The summed E-state index contributed by atoms with van der Waals surface area (Å²) in [5.74, 6) is 0.856. The Morgan fingerprint density at radius 3 is 1.76 bits per heavy atom. The second-order valence-corrected chi connectivity index (χ2v) is 7.09. The fourth-order valence-electron chi connectivity index (χ4n) is 2.93. The summed E-state index contributed by atoms with van der Waals surface area (Å²) < 4.78 is 33.5. The summed E-state index contributed by atoms with van der Waals surface area (Å²) in [6.45, 7) is 4.19. The summed E-state index contributed by atoms with van der Waals surface area (Å²) in [4.78, 5) is 0. The number of hydrogen-bond acceptors (Lipinski definition) is 11. The van der Waals surface area contributed by atoms with E-state index in [4.69, 9.17) is 28.4 Å². The van der Waals surface area contributed by atoms with Gasteiger partial charge in [-0.05, 0) is 30.3 Å². The number of phenolic OH excluding ortho intramolecular Hbond substituents is 1. The maximum absolute atomic E-state index is 9.57. The minimum absolute atomic E-state index is 0.0337. The second-order valence-electron chi connectivity index (χ2n) is 7.09. The highest BCUT2D eigenvalue weighted by molar-refractivity contribution is 6.60.